The van der Waals surface area contributed by atoms with Crippen molar-refractivity contribution >= 4 is 27.5 Å². The fourth-order valence-electron chi connectivity index (χ4n) is 4.16. The third kappa shape index (κ3) is 7.22. The Morgan fingerprint density at radius 3 is 2.03 bits per heavy atom. The normalized spacial score (nSPS) is 12.5. The van der Waals surface area contributed by atoms with Crippen LogP contribution in [0.1, 0.15) is 44.4 Å². The summed E-state index contributed by atoms with van der Waals surface area (Å²) in [5, 5.41) is 2.93. The van der Waals surface area contributed by atoms with Crippen molar-refractivity contribution in [3.05, 3.63) is 95.6 Å². The molecule has 0 aliphatic carbocycles. The van der Waals surface area contributed by atoms with Gasteiger partial charge in [-0.1, -0.05) is 66.2 Å². The molecule has 0 aliphatic rings. The zero-order valence-electron chi connectivity index (χ0n) is 22.9. The molecule has 7 nitrogen and oxygen atoms in total. The molecule has 38 heavy (non-hydrogen) atoms. The molecular weight excluding hydrogens is 498 g/mol. The summed E-state index contributed by atoms with van der Waals surface area (Å²) in [7, 11) is -4.08. The van der Waals surface area contributed by atoms with E-state index in [1.54, 1.807) is 31.2 Å². The van der Waals surface area contributed by atoms with Crippen LogP contribution in [-0.2, 0) is 26.2 Å². The molecule has 3 rings (SSSR count). The van der Waals surface area contributed by atoms with Gasteiger partial charge in [0, 0.05) is 12.1 Å². The summed E-state index contributed by atoms with van der Waals surface area (Å²) in [4.78, 5) is 28.6. The van der Waals surface area contributed by atoms with Crippen LogP contribution in [0.2, 0.25) is 0 Å². The van der Waals surface area contributed by atoms with Gasteiger partial charge < -0.3 is 10.2 Å². The Hall–Kier alpha value is -3.65. The third-order valence-electron chi connectivity index (χ3n) is 6.09. The van der Waals surface area contributed by atoms with Crippen molar-refractivity contribution in [2.45, 2.75) is 64.6 Å². The first-order chi connectivity index (χ1) is 17.8. The largest absolute Gasteiger partial charge is 0.350 e. The van der Waals surface area contributed by atoms with Gasteiger partial charge in [-0.05, 0) is 70.9 Å². The van der Waals surface area contributed by atoms with Gasteiger partial charge >= 0.3 is 0 Å². The zero-order chi connectivity index (χ0) is 28.1. The summed E-state index contributed by atoms with van der Waals surface area (Å²) in [6.07, 6.45) is 0. The molecular formula is C30H37N3O4S. The second-order valence-electron chi connectivity index (χ2n) is 10.5. The van der Waals surface area contributed by atoms with E-state index < -0.39 is 34.1 Å². The van der Waals surface area contributed by atoms with Crippen molar-refractivity contribution in [2.24, 2.45) is 0 Å². The highest BCUT2D eigenvalue weighted by Gasteiger charge is 2.33. The standard InChI is InChI=1S/C30H37N3O4S/c1-22-17-18-27(23(2)19-22)33(38(36,37)26-15-11-8-12-16-26)21-28(34)32(20-25-13-9-7-10-14-25)24(3)29(35)31-30(4,5)6/h7-19,24H,20-21H2,1-6H3,(H,31,35). The first-order valence-electron chi connectivity index (χ1n) is 12.6. The van der Waals surface area contributed by atoms with Crippen LogP contribution in [0.4, 0.5) is 5.69 Å². The van der Waals surface area contributed by atoms with Crippen LogP contribution in [0.3, 0.4) is 0 Å². The predicted octanol–water partition coefficient (Wildman–Crippen LogP) is 4.83. The van der Waals surface area contributed by atoms with Crippen molar-refractivity contribution in [3.8, 4) is 0 Å². The van der Waals surface area contributed by atoms with Crippen LogP contribution in [-0.4, -0.2) is 43.3 Å². The SMILES string of the molecule is Cc1ccc(N(CC(=O)N(Cc2ccccc2)C(C)C(=O)NC(C)(C)C)S(=O)(=O)c2ccccc2)c(C)c1. The van der Waals surface area contributed by atoms with Crippen LogP contribution in [0.5, 0.6) is 0 Å². The van der Waals surface area contributed by atoms with E-state index >= 15 is 0 Å². The van der Waals surface area contributed by atoms with E-state index in [0.717, 1.165) is 21.0 Å². The Balaban J connectivity index is 2.05. The van der Waals surface area contributed by atoms with Crippen LogP contribution in [0, 0.1) is 13.8 Å². The molecule has 1 atom stereocenters. The Labute approximate surface area is 226 Å². The lowest BCUT2D eigenvalue weighted by Crippen LogP contribution is -2.54. The summed E-state index contributed by atoms with van der Waals surface area (Å²) < 4.78 is 28.9. The van der Waals surface area contributed by atoms with Gasteiger partial charge in [-0.15, -0.1) is 0 Å². The maximum Gasteiger partial charge on any atom is 0.264 e. The minimum Gasteiger partial charge on any atom is -0.350 e. The van der Waals surface area contributed by atoms with Gasteiger partial charge in [0.25, 0.3) is 10.0 Å². The molecule has 202 valence electrons. The van der Waals surface area contributed by atoms with Gasteiger partial charge in [-0.3, -0.25) is 13.9 Å². The van der Waals surface area contributed by atoms with E-state index in [-0.39, 0.29) is 17.3 Å². The Bertz CT molecular complexity index is 1370. The highest BCUT2D eigenvalue weighted by Crippen LogP contribution is 2.28. The first-order valence-corrected chi connectivity index (χ1v) is 14.0. The molecule has 0 aromatic heterocycles. The maximum atomic E-state index is 13.9. The number of anilines is 1. The topological polar surface area (TPSA) is 86.8 Å². The molecule has 0 saturated heterocycles. The lowest BCUT2D eigenvalue weighted by atomic mass is 10.1. The Kier molecular flexibility index (Phi) is 8.99. The smallest absolute Gasteiger partial charge is 0.264 e. The summed E-state index contributed by atoms with van der Waals surface area (Å²) >= 11 is 0. The van der Waals surface area contributed by atoms with Crippen molar-refractivity contribution in [2.75, 3.05) is 10.8 Å². The molecule has 3 aromatic rings. The van der Waals surface area contributed by atoms with Gasteiger partial charge in [0.2, 0.25) is 11.8 Å². The average molecular weight is 536 g/mol. The molecule has 8 heteroatoms. The van der Waals surface area contributed by atoms with E-state index in [1.165, 1.54) is 17.0 Å². The zero-order valence-corrected chi connectivity index (χ0v) is 23.7. The van der Waals surface area contributed by atoms with Gasteiger partial charge in [-0.25, -0.2) is 8.42 Å². The third-order valence-corrected chi connectivity index (χ3v) is 7.87. The number of aryl methyl sites for hydroxylation is 2. The summed E-state index contributed by atoms with van der Waals surface area (Å²) in [6, 6.07) is 22.0. The van der Waals surface area contributed by atoms with Crippen LogP contribution < -0.4 is 9.62 Å². The fraction of sp³-hybridized carbons (Fsp3) is 0.333. The molecule has 1 N–H and O–H groups in total. The van der Waals surface area contributed by atoms with Crippen LogP contribution >= 0.6 is 0 Å². The van der Waals surface area contributed by atoms with Crippen molar-refractivity contribution < 1.29 is 18.0 Å². The number of hydrogen-bond acceptors (Lipinski definition) is 4. The first kappa shape index (κ1) is 28.9. The van der Waals surface area contributed by atoms with Gasteiger partial charge in [0.05, 0.1) is 10.6 Å². The minimum atomic E-state index is -4.08. The lowest BCUT2D eigenvalue weighted by molar-refractivity contribution is -0.140. The molecule has 3 aromatic carbocycles. The second-order valence-corrected chi connectivity index (χ2v) is 12.4. The maximum absolute atomic E-state index is 13.9. The number of nitrogens with one attached hydrogen (secondary N) is 1. The van der Waals surface area contributed by atoms with Gasteiger partial charge in [0.1, 0.15) is 12.6 Å². The van der Waals surface area contributed by atoms with Crippen molar-refractivity contribution in [1.29, 1.82) is 0 Å². The van der Waals surface area contributed by atoms with E-state index in [2.05, 4.69) is 5.32 Å². The van der Waals surface area contributed by atoms with Gasteiger partial charge in [-0.2, -0.15) is 0 Å². The highest BCUT2D eigenvalue weighted by molar-refractivity contribution is 7.92. The number of sulfonamides is 1. The molecule has 2 amide bonds. The van der Waals surface area contributed by atoms with Crippen molar-refractivity contribution in [1.82, 2.24) is 10.2 Å². The quantitative estimate of drug-likeness (QED) is 0.425. The Morgan fingerprint density at radius 1 is 0.895 bits per heavy atom. The molecule has 0 aliphatic heterocycles. The Morgan fingerprint density at radius 2 is 1.47 bits per heavy atom. The minimum absolute atomic E-state index is 0.0842. The van der Waals surface area contributed by atoms with E-state index in [0.29, 0.717) is 5.69 Å². The van der Waals surface area contributed by atoms with Gasteiger partial charge in [0.15, 0.2) is 0 Å². The number of nitrogens with zero attached hydrogens (tertiary/aromatic N) is 2. The number of carbonyl (C=O) groups excluding carboxylic acids is 2. The van der Waals surface area contributed by atoms with E-state index in [4.69, 9.17) is 0 Å². The molecule has 0 spiro atoms. The molecule has 0 bridgehead atoms. The molecule has 0 radical (unpaired) electrons. The summed E-state index contributed by atoms with van der Waals surface area (Å²) in [5.74, 6) is -0.796. The highest BCUT2D eigenvalue weighted by atomic mass is 32.2. The lowest BCUT2D eigenvalue weighted by Gasteiger charge is -2.34. The van der Waals surface area contributed by atoms with Crippen LogP contribution in [0.15, 0.2) is 83.8 Å². The molecule has 1 unspecified atom stereocenters. The molecule has 0 heterocycles. The summed E-state index contributed by atoms with van der Waals surface area (Å²) in [5.41, 5.74) is 2.46. The number of benzene rings is 3. The number of hydrogen-bond donors (Lipinski definition) is 1. The number of rotatable bonds is 9. The summed E-state index contributed by atoms with van der Waals surface area (Å²) in [6.45, 7) is 10.7. The van der Waals surface area contributed by atoms with E-state index in [1.807, 2.05) is 77.1 Å². The molecule has 0 fully saturated rings. The molecule has 0 saturated carbocycles. The average Bonchev–Trinajstić information content (AvgIpc) is 2.86. The fourth-order valence-corrected chi connectivity index (χ4v) is 5.65. The monoisotopic (exact) mass is 535 g/mol. The second kappa shape index (κ2) is 11.8. The number of amides is 2. The van der Waals surface area contributed by atoms with E-state index in [9.17, 15) is 18.0 Å². The van der Waals surface area contributed by atoms with Crippen molar-refractivity contribution in [3.63, 3.8) is 0 Å². The number of carbonyl (C=O) groups is 2. The van der Waals surface area contributed by atoms with Crippen LogP contribution in [0.25, 0.3) is 0 Å². The predicted molar refractivity (Wildman–Crippen MR) is 151 cm³/mol.